The van der Waals surface area contributed by atoms with Gasteiger partial charge in [-0.25, -0.2) is 26.5 Å². The highest BCUT2D eigenvalue weighted by atomic mass is 32.2. The molecule has 0 bridgehead atoms. The Labute approximate surface area is 209 Å². The van der Waals surface area contributed by atoms with E-state index in [1.54, 1.807) is 11.7 Å². The minimum absolute atomic E-state index is 0.0223. The molecule has 2 aromatic heterocycles. The molecule has 3 heterocycles. The van der Waals surface area contributed by atoms with E-state index in [4.69, 9.17) is 4.74 Å². The molecule has 1 saturated carbocycles. The predicted molar refractivity (Wildman–Crippen MR) is 134 cm³/mol. The van der Waals surface area contributed by atoms with Gasteiger partial charge in [0.05, 0.1) is 34.8 Å². The highest BCUT2D eigenvalue weighted by Gasteiger charge is 2.32. The summed E-state index contributed by atoms with van der Waals surface area (Å²) in [4.78, 5) is 20.7. The Hall–Kier alpha value is -2.77. The molecule has 3 aromatic rings. The molecule has 11 nitrogen and oxygen atoms in total. The molecule has 0 spiro atoms. The van der Waals surface area contributed by atoms with E-state index in [2.05, 4.69) is 15.1 Å². The molecule has 1 aliphatic carbocycles. The van der Waals surface area contributed by atoms with Crippen molar-refractivity contribution in [3.8, 4) is 17.1 Å². The number of H-pyrrole nitrogens is 1. The van der Waals surface area contributed by atoms with Crippen molar-refractivity contribution in [2.24, 2.45) is 7.05 Å². The first kappa shape index (κ1) is 24.9. The molecule has 36 heavy (non-hydrogen) atoms. The first-order valence-corrected chi connectivity index (χ1v) is 15.2. The lowest BCUT2D eigenvalue weighted by Gasteiger charge is -2.26. The van der Waals surface area contributed by atoms with Crippen LogP contribution in [-0.4, -0.2) is 72.6 Å². The molecule has 1 aromatic carbocycles. The van der Waals surface area contributed by atoms with E-state index < -0.39 is 19.9 Å². The second-order valence-corrected chi connectivity index (χ2v) is 13.6. The fraction of sp³-hybridized carbons (Fsp3) is 0.522. The van der Waals surface area contributed by atoms with Crippen LogP contribution in [0.3, 0.4) is 0 Å². The van der Waals surface area contributed by atoms with E-state index in [9.17, 15) is 21.6 Å². The molecule has 0 unspecified atom stereocenters. The van der Waals surface area contributed by atoms with Crippen molar-refractivity contribution in [1.29, 1.82) is 0 Å². The smallest absolute Gasteiger partial charge is 0.262 e. The van der Waals surface area contributed by atoms with E-state index >= 15 is 0 Å². The van der Waals surface area contributed by atoms with Crippen LogP contribution in [0.1, 0.15) is 43.7 Å². The summed E-state index contributed by atoms with van der Waals surface area (Å²) in [5.41, 5.74) is 1.38. The Kier molecular flexibility index (Phi) is 6.41. The molecular weight excluding hydrogens is 506 g/mol. The van der Waals surface area contributed by atoms with Crippen LogP contribution in [0.4, 0.5) is 0 Å². The number of benzene rings is 1. The highest BCUT2D eigenvalue weighted by Crippen LogP contribution is 2.35. The summed E-state index contributed by atoms with van der Waals surface area (Å²) in [7, 11) is -3.98. The second-order valence-electron chi connectivity index (χ2n) is 9.37. The van der Waals surface area contributed by atoms with Crippen molar-refractivity contribution < 1.29 is 21.6 Å². The van der Waals surface area contributed by atoms with Crippen LogP contribution in [0.15, 0.2) is 27.9 Å². The summed E-state index contributed by atoms with van der Waals surface area (Å²) in [6, 6.07) is 4.32. The zero-order valence-electron chi connectivity index (χ0n) is 20.2. The number of ether oxygens (including phenoxy) is 1. The fourth-order valence-electron chi connectivity index (χ4n) is 5.09. The summed E-state index contributed by atoms with van der Waals surface area (Å²) in [5, 5.41) is 5.13. The molecule has 1 aliphatic heterocycles. The molecule has 194 valence electrons. The number of methoxy groups -OCH3 is 1. The third kappa shape index (κ3) is 4.43. The summed E-state index contributed by atoms with van der Waals surface area (Å²) >= 11 is 0. The van der Waals surface area contributed by atoms with Gasteiger partial charge in [0.15, 0.2) is 15.5 Å². The minimum Gasteiger partial charge on any atom is -0.496 e. The number of aromatic amines is 1. The van der Waals surface area contributed by atoms with Gasteiger partial charge in [-0.3, -0.25) is 4.79 Å². The van der Waals surface area contributed by atoms with Crippen molar-refractivity contribution in [2.45, 2.75) is 42.9 Å². The number of nitrogens with one attached hydrogen (secondary N) is 1. The Morgan fingerprint density at radius 2 is 1.81 bits per heavy atom. The maximum absolute atomic E-state index is 13.2. The van der Waals surface area contributed by atoms with E-state index in [-0.39, 0.29) is 52.5 Å². The van der Waals surface area contributed by atoms with Crippen LogP contribution in [0.25, 0.3) is 22.4 Å². The van der Waals surface area contributed by atoms with Gasteiger partial charge in [-0.2, -0.15) is 9.40 Å². The molecule has 2 aliphatic rings. The van der Waals surface area contributed by atoms with Crippen LogP contribution in [0.2, 0.25) is 0 Å². The molecular formula is C23H29N5O6S2. The number of hydrogen-bond donors (Lipinski definition) is 1. The monoisotopic (exact) mass is 535 g/mol. The summed E-state index contributed by atoms with van der Waals surface area (Å²) < 4.78 is 57.9. The summed E-state index contributed by atoms with van der Waals surface area (Å²) in [6.45, 7) is -0.186. The van der Waals surface area contributed by atoms with Crippen molar-refractivity contribution >= 4 is 30.9 Å². The number of aryl methyl sites for hydroxylation is 1. The van der Waals surface area contributed by atoms with Gasteiger partial charge in [0.1, 0.15) is 17.0 Å². The fourth-order valence-corrected chi connectivity index (χ4v) is 7.98. The van der Waals surface area contributed by atoms with E-state index in [0.29, 0.717) is 16.6 Å². The molecule has 2 fully saturated rings. The Morgan fingerprint density at radius 3 is 2.47 bits per heavy atom. The van der Waals surface area contributed by atoms with Crippen LogP contribution in [-0.2, 0) is 26.9 Å². The molecule has 0 amide bonds. The SMILES string of the molecule is COc1cc(S(=O)(=O)N2CCS(=O)(=O)CC2)ccc1-c1nc2c(c(C3CCCCC3)nn2C)c(=O)[nH]1. The predicted octanol–water partition coefficient (Wildman–Crippen LogP) is 1.80. The zero-order chi connectivity index (χ0) is 25.7. The van der Waals surface area contributed by atoms with Crippen molar-refractivity contribution in [3.63, 3.8) is 0 Å². The number of sulfonamides is 1. The Morgan fingerprint density at radius 1 is 1.11 bits per heavy atom. The van der Waals surface area contributed by atoms with Crippen molar-refractivity contribution in [3.05, 3.63) is 34.2 Å². The molecule has 0 radical (unpaired) electrons. The van der Waals surface area contributed by atoms with Gasteiger partial charge in [0.25, 0.3) is 5.56 Å². The number of nitrogens with zero attached hydrogens (tertiary/aromatic N) is 4. The first-order chi connectivity index (χ1) is 17.1. The number of rotatable bonds is 5. The summed E-state index contributed by atoms with van der Waals surface area (Å²) in [5.74, 6) is 0.286. The average Bonchev–Trinajstić information content (AvgIpc) is 3.20. The van der Waals surface area contributed by atoms with Gasteiger partial charge in [-0.05, 0) is 25.0 Å². The normalized spacial score (nSPS) is 19.5. The second kappa shape index (κ2) is 9.27. The number of fused-ring (bicyclic) bond motifs is 1. The highest BCUT2D eigenvalue weighted by molar-refractivity contribution is 7.92. The van der Waals surface area contributed by atoms with Gasteiger partial charge < -0.3 is 9.72 Å². The van der Waals surface area contributed by atoms with Crippen LogP contribution < -0.4 is 10.3 Å². The maximum Gasteiger partial charge on any atom is 0.262 e. The van der Waals surface area contributed by atoms with E-state index in [0.717, 1.165) is 35.7 Å². The lowest BCUT2D eigenvalue weighted by Crippen LogP contribution is -2.43. The van der Waals surface area contributed by atoms with Gasteiger partial charge in [-0.15, -0.1) is 0 Å². The summed E-state index contributed by atoms with van der Waals surface area (Å²) in [6.07, 6.45) is 5.43. The standard InChI is InChI=1S/C23H29N5O6S2/c1-27-22-19(20(26-27)15-6-4-3-5-7-15)23(29)25-21(24-22)17-9-8-16(14-18(17)34-2)36(32,33)28-10-12-35(30,31)13-11-28/h8-9,14-15H,3-7,10-13H2,1-2H3,(H,24,25,29). The first-order valence-electron chi connectivity index (χ1n) is 12.0. The van der Waals surface area contributed by atoms with Gasteiger partial charge in [-0.1, -0.05) is 19.3 Å². The zero-order valence-corrected chi connectivity index (χ0v) is 21.9. The largest absolute Gasteiger partial charge is 0.496 e. The van der Waals surface area contributed by atoms with E-state index in [1.807, 2.05) is 0 Å². The van der Waals surface area contributed by atoms with E-state index in [1.165, 1.54) is 31.7 Å². The topological polar surface area (TPSA) is 144 Å². The quantitative estimate of drug-likeness (QED) is 0.521. The molecule has 0 atom stereocenters. The third-order valence-electron chi connectivity index (χ3n) is 7.08. The Balaban J connectivity index is 1.53. The molecule has 1 N–H and O–H groups in total. The number of hydrogen-bond acceptors (Lipinski definition) is 8. The van der Waals surface area contributed by atoms with Gasteiger partial charge >= 0.3 is 0 Å². The number of aromatic nitrogens is 4. The van der Waals surface area contributed by atoms with Crippen molar-refractivity contribution in [1.82, 2.24) is 24.1 Å². The minimum atomic E-state index is -3.92. The van der Waals surface area contributed by atoms with Crippen LogP contribution in [0, 0.1) is 0 Å². The Bertz CT molecular complexity index is 1570. The lowest BCUT2D eigenvalue weighted by molar-refractivity contribution is 0.412. The lowest BCUT2D eigenvalue weighted by atomic mass is 9.86. The van der Waals surface area contributed by atoms with Crippen molar-refractivity contribution in [2.75, 3.05) is 31.7 Å². The van der Waals surface area contributed by atoms with Crippen LogP contribution in [0.5, 0.6) is 5.75 Å². The van der Waals surface area contributed by atoms with Gasteiger partial charge in [0.2, 0.25) is 10.0 Å². The van der Waals surface area contributed by atoms with Crippen LogP contribution >= 0.6 is 0 Å². The molecule has 5 rings (SSSR count). The maximum atomic E-state index is 13.2. The average molecular weight is 536 g/mol. The molecule has 13 heteroatoms. The van der Waals surface area contributed by atoms with Gasteiger partial charge in [0, 0.05) is 32.1 Å². The third-order valence-corrected chi connectivity index (χ3v) is 10.6. The number of sulfone groups is 1. The molecule has 1 saturated heterocycles.